The normalized spacial score (nSPS) is 17.3. The minimum absolute atomic E-state index is 0.485. The van der Waals surface area contributed by atoms with Crippen LogP contribution in [0.3, 0.4) is 0 Å². The summed E-state index contributed by atoms with van der Waals surface area (Å²) < 4.78 is 2.10. The fourth-order valence-corrected chi connectivity index (χ4v) is 2.78. The number of hydrogen-bond donors (Lipinski definition) is 2. The van der Waals surface area contributed by atoms with Gasteiger partial charge in [-0.1, -0.05) is 13.3 Å². The second-order valence-electron chi connectivity index (χ2n) is 5.98. The zero-order valence-corrected chi connectivity index (χ0v) is 13.4. The van der Waals surface area contributed by atoms with E-state index in [2.05, 4.69) is 34.0 Å². The number of nitrogens with one attached hydrogen (secondary N) is 2. The maximum Gasteiger partial charge on any atom is 0.191 e. The summed E-state index contributed by atoms with van der Waals surface area (Å²) in [6, 6.07) is 0. The van der Waals surface area contributed by atoms with Crippen LogP contribution in [0.2, 0.25) is 0 Å². The van der Waals surface area contributed by atoms with Gasteiger partial charge in [-0.3, -0.25) is 4.99 Å². The molecule has 21 heavy (non-hydrogen) atoms. The van der Waals surface area contributed by atoms with Gasteiger partial charge in [0.25, 0.3) is 0 Å². The Morgan fingerprint density at radius 1 is 1.33 bits per heavy atom. The molecule has 1 aromatic heterocycles. The van der Waals surface area contributed by atoms with Crippen LogP contribution in [0, 0.1) is 5.41 Å². The monoisotopic (exact) mass is 291 g/mol. The van der Waals surface area contributed by atoms with Crippen molar-refractivity contribution in [2.45, 2.75) is 52.5 Å². The van der Waals surface area contributed by atoms with Crippen molar-refractivity contribution in [3.05, 3.63) is 18.7 Å². The fourth-order valence-electron chi connectivity index (χ4n) is 2.78. The number of rotatable bonds is 8. The molecule has 0 radical (unpaired) electrons. The Labute approximate surface area is 128 Å². The molecule has 1 aliphatic rings. The highest BCUT2D eigenvalue weighted by Gasteiger charge is 2.34. The maximum absolute atomic E-state index is 4.79. The van der Waals surface area contributed by atoms with Crippen molar-refractivity contribution in [1.82, 2.24) is 20.2 Å². The molecule has 0 atom stereocenters. The molecule has 1 aromatic rings. The van der Waals surface area contributed by atoms with Crippen LogP contribution in [0.5, 0.6) is 0 Å². The third-order valence-corrected chi connectivity index (χ3v) is 4.53. The second-order valence-corrected chi connectivity index (χ2v) is 5.98. The maximum atomic E-state index is 4.79. The molecule has 1 aliphatic carbocycles. The van der Waals surface area contributed by atoms with Gasteiger partial charge in [0.15, 0.2) is 5.96 Å². The van der Waals surface area contributed by atoms with Crippen molar-refractivity contribution < 1.29 is 0 Å². The number of guanidine groups is 1. The Morgan fingerprint density at radius 2 is 2.19 bits per heavy atom. The molecule has 2 N–H and O–H groups in total. The van der Waals surface area contributed by atoms with E-state index in [1.807, 2.05) is 18.7 Å². The van der Waals surface area contributed by atoms with E-state index in [0.29, 0.717) is 5.41 Å². The number of hydrogen-bond acceptors (Lipinski definition) is 2. The highest BCUT2D eigenvalue weighted by Crippen LogP contribution is 2.43. The van der Waals surface area contributed by atoms with Gasteiger partial charge in [-0.15, -0.1) is 0 Å². The molecule has 118 valence electrons. The van der Waals surface area contributed by atoms with E-state index in [1.54, 1.807) is 0 Å². The van der Waals surface area contributed by atoms with Crippen LogP contribution in [-0.4, -0.2) is 35.1 Å². The first-order chi connectivity index (χ1) is 10.3. The van der Waals surface area contributed by atoms with Crippen molar-refractivity contribution in [3.63, 3.8) is 0 Å². The Bertz CT molecular complexity index is 414. The predicted molar refractivity (Wildman–Crippen MR) is 87.4 cm³/mol. The van der Waals surface area contributed by atoms with Crippen molar-refractivity contribution >= 4 is 5.96 Å². The van der Waals surface area contributed by atoms with Gasteiger partial charge in [0.2, 0.25) is 0 Å². The predicted octanol–water partition coefficient (Wildman–Crippen LogP) is 2.41. The van der Waals surface area contributed by atoms with Gasteiger partial charge in [-0.2, -0.15) is 0 Å². The van der Waals surface area contributed by atoms with Crippen LogP contribution in [0.1, 0.15) is 46.0 Å². The molecule has 0 spiro atoms. The van der Waals surface area contributed by atoms with Gasteiger partial charge in [0, 0.05) is 38.6 Å². The lowest BCUT2D eigenvalue weighted by molar-refractivity contribution is 0.139. The standard InChI is InChI=1S/C16H29N5/c1-3-16(7-5-8-16)13-20-15(18-4-2)19-9-6-11-21-12-10-17-14-21/h10,12,14H,3-9,11,13H2,1-2H3,(H2,18,19,20). The summed E-state index contributed by atoms with van der Waals surface area (Å²) in [5, 5.41) is 6.77. The van der Waals surface area contributed by atoms with Crippen molar-refractivity contribution in [1.29, 1.82) is 0 Å². The lowest BCUT2D eigenvalue weighted by Crippen LogP contribution is -2.40. The topological polar surface area (TPSA) is 54.2 Å². The molecule has 1 saturated carbocycles. The van der Waals surface area contributed by atoms with Crippen LogP contribution in [-0.2, 0) is 6.54 Å². The number of aromatic nitrogens is 2. The summed E-state index contributed by atoms with van der Waals surface area (Å²) >= 11 is 0. The lowest BCUT2D eigenvalue weighted by atomic mass is 9.67. The second kappa shape index (κ2) is 8.05. The van der Waals surface area contributed by atoms with Crippen molar-refractivity contribution in [2.24, 2.45) is 10.4 Å². The van der Waals surface area contributed by atoms with Gasteiger partial charge >= 0.3 is 0 Å². The summed E-state index contributed by atoms with van der Waals surface area (Å²) in [7, 11) is 0. The Morgan fingerprint density at radius 3 is 2.76 bits per heavy atom. The molecule has 0 amide bonds. The molecule has 0 aliphatic heterocycles. The summed E-state index contributed by atoms with van der Waals surface area (Å²) in [6.07, 6.45) is 12.1. The van der Waals surface area contributed by atoms with Gasteiger partial charge in [0.1, 0.15) is 0 Å². The molecule has 0 saturated heterocycles. The van der Waals surface area contributed by atoms with Crippen LogP contribution in [0.4, 0.5) is 0 Å². The van der Waals surface area contributed by atoms with Crippen LogP contribution < -0.4 is 10.6 Å². The third kappa shape index (κ3) is 4.76. The SMILES string of the molecule is CCNC(=NCC1(CC)CCC1)NCCCn1ccnc1. The number of imidazole rings is 1. The largest absolute Gasteiger partial charge is 0.357 e. The van der Waals surface area contributed by atoms with E-state index in [1.165, 1.54) is 25.7 Å². The first-order valence-corrected chi connectivity index (χ1v) is 8.26. The third-order valence-electron chi connectivity index (χ3n) is 4.53. The molecule has 1 fully saturated rings. The first kappa shape index (κ1) is 15.9. The van der Waals surface area contributed by atoms with Crippen molar-refractivity contribution in [3.8, 4) is 0 Å². The number of nitrogens with zero attached hydrogens (tertiary/aromatic N) is 3. The molecular weight excluding hydrogens is 262 g/mol. The molecule has 1 heterocycles. The first-order valence-electron chi connectivity index (χ1n) is 8.26. The van der Waals surface area contributed by atoms with E-state index in [4.69, 9.17) is 4.99 Å². The van der Waals surface area contributed by atoms with Crippen molar-refractivity contribution in [2.75, 3.05) is 19.6 Å². The number of aliphatic imine (C=N–C) groups is 1. The average Bonchev–Trinajstić information content (AvgIpc) is 2.96. The average molecular weight is 291 g/mol. The molecule has 2 rings (SSSR count). The summed E-state index contributed by atoms with van der Waals surface area (Å²) in [5.74, 6) is 0.961. The highest BCUT2D eigenvalue weighted by atomic mass is 15.2. The van der Waals surface area contributed by atoms with E-state index < -0.39 is 0 Å². The van der Waals surface area contributed by atoms with Crippen LogP contribution in [0.15, 0.2) is 23.7 Å². The summed E-state index contributed by atoms with van der Waals surface area (Å²) in [4.78, 5) is 8.84. The van der Waals surface area contributed by atoms with E-state index in [-0.39, 0.29) is 0 Å². The smallest absolute Gasteiger partial charge is 0.191 e. The minimum atomic E-state index is 0.485. The van der Waals surface area contributed by atoms with Crippen LogP contribution >= 0.6 is 0 Å². The Hall–Kier alpha value is -1.52. The quantitative estimate of drug-likeness (QED) is 0.439. The Kier molecular flexibility index (Phi) is 6.08. The van der Waals surface area contributed by atoms with Crippen LogP contribution in [0.25, 0.3) is 0 Å². The fraction of sp³-hybridized carbons (Fsp3) is 0.750. The summed E-state index contributed by atoms with van der Waals surface area (Å²) in [5.41, 5.74) is 0.485. The molecule has 0 unspecified atom stereocenters. The Balaban J connectivity index is 1.72. The molecular formula is C16H29N5. The van der Waals surface area contributed by atoms with E-state index in [0.717, 1.165) is 38.6 Å². The van der Waals surface area contributed by atoms with Gasteiger partial charge in [0.05, 0.1) is 6.33 Å². The lowest BCUT2D eigenvalue weighted by Gasteiger charge is -2.40. The molecule has 5 nitrogen and oxygen atoms in total. The molecule has 0 bridgehead atoms. The highest BCUT2D eigenvalue weighted by molar-refractivity contribution is 5.79. The molecule has 5 heteroatoms. The summed E-state index contributed by atoms with van der Waals surface area (Å²) in [6.45, 7) is 8.20. The van der Waals surface area contributed by atoms with Gasteiger partial charge < -0.3 is 15.2 Å². The van der Waals surface area contributed by atoms with Gasteiger partial charge in [-0.05, 0) is 38.0 Å². The zero-order chi connectivity index (χ0) is 15.0. The van der Waals surface area contributed by atoms with E-state index in [9.17, 15) is 0 Å². The van der Waals surface area contributed by atoms with Gasteiger partial charge in [-0.25, -0.2) is 4.98 Å². The number of aryl methyl sites for hydroxylation is 1. The zero-order valence-electron chi connectivity index (χ0n) is 13.4. The minimum Gasteiger partial charge on any atom is -0.357 e. The van der Waals surface area contributed by atoms with E-state index >= 15 is 0 Å². The molecule has 0 aromatic carbocycles.